The highest BCUT2D eigenvalue weighted by Gasteiger charge is 2.23. The predicted molar refractivity (Wildman–Crippen MR) is 75.5 cm³/mol. The Labute approximate surface area is 115 Å². The predicted octanol–water partition coefficient (Wildman–Crippen LogP) is 0.877. The highest BCUT2D eigenvalue weighted by molar-refractivity contribution is 5.87. The zero-order valence-corrected chi connectivity index (χ0v) is 12.3. The normalized spacial score (nSPS) is 18.2. The van der Waals surface area contributed by atoms with E-state index >= 15 is 0 Å². The van der Waals surface area contributed by atoms with Crippen molar-refractivity contribution < 1.29 is 9.59 Å². The molecule has 1 aliphatic carbocycles. The van der Waals surface area contributed by atoms with Gasteiger partial charge in [0.25, 0.3) is 0 Å². The lowest BCUT2D eigenvalue weighted by Crippen LogP contribution is -2.49. The summed E-state index contributed by atoms with van der Waals surface area (Å²) < 4.78 is 0. The van der Waals surface area contributed by atoms with Gasteiger partial charge < -0.3 is 16.0 Å². The van der Waals surface area contributed by atoms with E-state index in [-0.39, 0.29) is 24.3 Å². The highest BCUT2D eigenvalue weighted by atomic mass is 16.2. The lowest BCUT2D eigenvalue weighted by Gasteiger charge is -2.31. The highest BCUT2D eigenvalue weighted by Crippen LogP contribution is 2.21. The first kappa shape index (κ1) is 16.0. The number of nitrogens with one attached hydrogen (secondary N) is 1. The van der Waals surface area contributed by atoms with Crippen molar-refractivity contribution in [3.63, 3.8) is 0 Å². The molecule has 1 saturated carbocycles. The molecule has 5 heteroatoms. The Morgan fingerprint density at radius 1 is 1.26 bits per heavy atom. The Morgan fingerprint density at radius 2 is 1.84 bits per heavy atom. The molecule has 0 bridgehead atoms. The van der Waals surface area contributed by atoms with Gasteiger partial charge in [-0.3, -0.25) is 9.59 Å². The number of nitrogens with two attached hydrogens (primary N) is 1. The molecule has 1 rings (SSSR count). The van der Waals surface area contributed by atoms with Crippen molar-refractivity contribution in [2.45, 2.75) is 58.0 Å². The molecule has 3 N–H and O–H groups in total. The largest absolute Gasteiger partial charge is 0.346 e. The molecule has 0 saturated heterocycles. The van der Waals surface area contributed by atoms with E-state index in [2.05, 4.69) is 5.32 Å². The van der Waals surface area contributed by atoms with Gasteiger partial charge in [-0.1, -0.05) is 33.1 Å². The van der Waals surface area contributed by atoms with Crippen LogP contribution in [0.2, 0.25) is 0 Å². The van der Waals surface area contributed by atoms with Gasteiger partial charge in [-0.15, -0.1) is 0 Å². The molecule has 0 radical (unpaired) electrons. The number of carbonyl (C=O) groups excluding carboxylic acids is 2. The zero-order valence-electron chi connectivity index (χ0n) is 12.3. The summed E-state index contributed by atoms with van der Waals surface area (Å²) in [5.74, 6) is -0.206. The summed E-state index contributed by atoms with van der Waals surface area (Å²) in [6, 6.07) is -0.218. The van der Waals surface area contributed by atoms with Crippen molar-refractivity contribution in [1.29, 1.82) is 0 Å². The second-order valence-corrected chi connectivity index (χ2v) is 5.78. The van der Waals surface area contributed by atoms with E-state index in [1.54, 1.807) is 4.90 Å². The summed E-state index contributed by atoms with van der Waals surface area (Å²) in [7, 11) is 1.83. The maximum absolute atomic E-state index is 12.0. The smallest absolute Gasteiger partial charge is 0.241 e. The molecular weight excluding hydrogens is 242 g/mol. The van der Waals surface area contributed by atoms with Crippen LogP contribution >= 0.6 is 0 Å². The van der Waals surface area contributed by atoms with Gasteiger partial charge in [-0.05, 0) is 18.8 Å². The Kier molecular flexibility index (Phi) is 6.28. The minimum absolute atomic E-state index is 0.0313. The van der Waals surface area contributed by atoms with Gasteiger partial charge in [-0.2, -0.15) is 0 Å². The molecule has 19 heavy (non-hydrogen) atoms. The van der Waals surface area contributed by atoms with Crippen LogP contribution in [0.5, 0.6) is 0 Å². The number of carbonyl (C=O) groups is 2. The van der Waals surface area contributed by atoms with E-state index in [1.807, 2.05) is 20.9 Å². The Balaban J connectivity index is 2.35. The van der Waals surface area contributed by atoms with Crippen LogP contribution in [0.4, 0.5) is 0 Å². The van der Waals surface area contributed by atoms with Crippen molar-refractivity contribution in [3.05, 3.63) is 0 Å². The SMILES string of the molecule is CC(C)[C@H](N)C(=O)NCC(=O)N(C)C1CCCCC1. The van der Waals surface area contributed by atoms with E-state index in [1.165, 1.54) is 19.3 Å². The fourth-order valence-corrected chi connectivity index (χ4v) is 2.38. The first-order valence-corrected chi connectivity index (χ1v) is 7.22. The van der Waals surface area contributed by atoms with E-state index in [0.717, 1.165) is 12.8 Å². The maximum atomic E-state index is 12.0. The standard InChI is InChI=1S/C14H27N3O2/c1-10(2)13(15)14(19)16-9-12(18)17(3)11-7-5-4-6-8-11/h10-11,13H,4-9,15H2,1-3H3,(H,16,19)/t13-/m0/s1. The molecule has 0 aliphatic heterocycles. The minimum atomic E-state index is -0.548. The summed E-state index contributed by atoms with van der Waals surface area (Å²) in [5.41, 5.74) is 5.73. The zero-order chi connectivity index (χ0) is 14.4. The van der Waals surface area contributed by atoms with Gasteiger partial charge in [0.2, 0.25) is 11.8 Å². The molecule has 0 spiro atoms. The lowest BCUT2D eigenvalue weighted by atomic mass is 9.94. The van der Waals surface area contributed by atoms with Crippen LogP contribution in [0.25, 0.3) is 0 Å². The quantitative estimate of drug-likeness (QED) is 0.778. The molecule has 0 aromatic heterocycles. The summed E-state index contributed by atoms with van der Waals surface area (Å²) in [4.78, 5) is 25.5. The molecule has 0 aromatic rings. The lowest BCUT2D eigenvalue weighted by molar-refractivity contribution is -0.134. The third-order valence-electron chi connectivity index (χ3n) is 3.95. The van der Waals surface area contributed by atoms with Crippen molar-refractivity contribution in [2.75, 3.05) is 13.6 Å². The molecule has 2 amide bonds. The molecule has 1 aliphatic rings. The molecule has 0 heterocycles. The van der Waals surface area contributed by atoms with Crippen LogP contribution in [-0.4, -0.2) is 42.4 Å². The fraction of sp³-hybridized carbons (Fsp3) is 0.857. The Morgan fingerprint density at radius 3 is 2.37 bits per heavy atom. The molecule has 1 fully saturated rings. The molecule has 1 atom stereocenters. The number of hydrogen-bond acceptors (Lipinski definition) is 3. The number of likely N-dealkylation sites (N-methyl/N-ethyl adjacent to an activating group) is 1. The maximum Gasteiger partial charge on any atom is 0.241 e. The van der Waals surface area contributed by atoms with Gasteiger partial charge in [0, 0.05) is 13.1 Å². The summed E-state index contributed by atoms with van der Waals surface area (Å²) >= 11 is 0. The molecule has 5 nitrogen and oxygen atoms in total. The van der Waals surface area contributed by atoms with E-state index in [4.69, 9.17) is 5.73 Å². The first-order chi connectivity index (χ1) is 8.93. The van der Waals surface area contributed by atoms with Crippen LogP contribution < -0.4 is 11.1 Å². The van der Waals surface area contributed by atoms with Gasteiger partial charge >= 0.3 is 0 Å². The minimum Gasteiger partial charge on any atom is -0.346 e. The second kappa shape index (κ2) is 7.48. The molecule has 0 unspecified atom stereocenters. The third-order valence-corrected chi connectivity index (χ3v) is 3.95. The average Bonchev–Trinajstić information content (AvgIpc) is 2.43. The Bertz CT molecular complexity index is 312. The van der Waals surface area contributed by atoms with Crippen molar-refractivity contribution in [3.8, 4) is 0 Å². The summed E-state index contributed by atoms with van der Waals surface area (Å²) in [6.07, 6.45) is 5.78. The fourth-order valence-electron chi connectivity index (χ4n) is 2.38. The average molecular weight is 269 g/mol. The topological polar surface area (TPSA) is 75.4 Å². The van der Waals surface area contributed by atoms with Gasteiger partial charge in [0.05, 0.1) is 12.6 Å². The van der Waals surface area contributed by atoms with Crippen molar-refractivity contribution in [2.24, 2.45) is 11.7 Å². The monoisotopic (exact) mass is 269 g/mol. The Hall–Kier alpha value is -1.10. The molecule has 110 valence electrons. The second-order valence-electron chi connectivity index (χ2n) is 5.78. The van der Waals surface area contributed by atoms with Crippen LogP contribution in [0.3, 0.4) is 0 Å². The third kappa shape index (κ3) is 4.82. The molecular formula is C14H27N3O2. The summed E-state index contributed by atoms with van der Waals surface area (Å²) in [6.45, 7) is 3.83. The van der Waals surface area contributed by atoms with Gasteiger partial charge in [-0.25, -0.2) is 0 Å². The first-order valence-electron chi connectivity index (χ1n) is 7.22. The number of nitrogens with zero attached hydrogens (tertiary/aromatic N) is 1. The van der Waals surface area contributed by atoms with Gasteiger partial charge in [0.1, 0.15) is 0 Å². The number of hydrogen-bond donors (Lipinski definition) is 2. The van der Waals surface area contributed by atoms with E-state index < -0.39 is 6.04 Å². The van der Waals surface area contributed by atoms with Crippen LogP contribution in [0.15, 0.2) is 0 Å². The van der Waals surface area contributed by atoms with Crippen LogP contribution in [-0.2, 0) is 9.59 Å². The number of amides is 2. The van der Waals surface area contributed by atoms with Crippen LogP contribution in [0, 0.1) is 5.92 Å². The summed E-state index contributed by atoms with van der Waals surface area (Å²) in [5, 5.41) is 2.63. The van der Waals surface area contributed by atoms with E-state index in [0.29, 0.717) is 6.04 Å². The number of rotatable bonds is 5. The molecule has 0 aromatic carbocycles. The van der Waals surface area contributed by atoms with Crippen molar-refractivity contribution >= 4 is 11.8 Å². The van der Waals surface area contributed by atoms with Gasteiger partial charge in [0.15, 0.2) is 0 Å². The van der Waals surface area contributed by atoms with E-state index in [9.17, 15) is 9.59 Å². The van der Waals surface area contributed by atoms with Crippen molar-refractivity contribution in [1.82, 2.24) is 10.2 Å². The van der Waals surface area contributed by atoms with Crippen LogP contribution in [0.1, 0.15) is 46.0 Å².